The summed E-state index contributed by atoms with van der Waals surface area (Å²) >= 11 is 0. The number of H-pyrrole nitrogens is 1. The number of amides is 1. The van der Waals surface area contributed by atoms with E-state index < -0.39 is 0 Å². The molecule has 6 nitrogen and oxygen atoms in total. The Morgan fingerprint density at radius 2 is 1.93 bits per heavy atom. The molecule has 0 fully saturated rings. The average molecular weight is 388 g/mol. The quantitative estimate of drug-likeness (QED) is 0.507. The Morgan fingerprint density at radius 3 is 2.72 bits per heavy atom. The minimum absolute atomic E-state index is 0.0132. The topological polar surface area (TPSA) is 71.9 Å². The van der Waals surface area contributed by atoms with Crippen molar-refractivity contribution in [2.75, 3.05) is 13.7 Å². The highest BCUT2D eigenvalue weighted by atomic mass is 16.5. The van der Waals surface area contributed by atoms with Gasteiger partial charge in [-0.15, -0.1) is 0 Å². The van der Waals surface area contributed by atoms with E-state index in [2.05, 4.69) is 44.5 Å². The molecular formula is C23H24N4O2. The lowest BCUT2D eigenvalue weighted by Crippen LogP contribution is -2.28. The number of hydrogen-bond donors (Lipinski definition) is 2. The lowest BCUT2D eigenvalue weighted by atomic mass is 10.0. The highest BCUT2D eigenvalue weighted by Crippen LogP contribution is 2.26. The third-order valence-corrected chi connectivity index (χ3v) is 5.13. The Bertz CT molecular complexity index is 1130. The average Bonchev–Trinajstić information content (AvgIpc) is 3.32. The Kier molecular flexibility index (Phi) is 5.33. The first-order valence-electron chi connectivity index (χ1n) is 9.64. The maximum absolute atomic E-state index is 12.6. The molecule has 148 valence electrons. The number of fused-ring (bicyclic) bond motifs is 1. The van der Waals surface area contributed by atoms with Gasteiger partial charge in [-0.3, -0.25) is 9.89 Å². The zero-order chi connectivity index (χ0) is 20.2. The number of benzene rings is 2. The van der Waals surface area contributed by atoms with E-state index in [0.717, 1.165) is 34.8 Å². The minimum Gasteiger partial charge on any atom is -0.497 e. The molecule has 2 N–H and O–H groups in total. The number of carbonyl (C=O) groups is 1. The first-order chi connectivity index (χ1) is 14.2. The minimum atomic E-state index is -0.0132. The zero-order valence-electron chi connectivity index (χ0n) is 16.6. The van der Waals surface area contributed by atoms with Crippen LogP contribution in [0.2, 0.25) is 0 Å². The fourth-order valence-corrected chi connectivity index (χ4v) is 3.53. The van der Waals surface area contributed by atoms with Gasteiger partial charge < -0.3 is 14.6 Å². The highest BCUT2D eigenvalue weighted by molar-refractivity contribution is 5.82. The first-order valence-corrected chi connectivity index (χ1v) is 9.64. The van der Waals surface area contributed by atoms with E-state index in [0.29, 0.717) is 6.54 Å². The molecular weight excluding hydrogens is 364 g/mol. The molecule has 0 saturated carbocycles. The van der Waals surface area contributed by atoms with Crippen LogP contribution < -0.4 is 10.1 Å². The second-order valence-corrected chi connectivity index (χ2v) is 7.00. The summed E-state index contributed by atoms with van der Waals surface area (Å²) < 4.78 is 7.37. The fourth-order valence-electron chi connectivity index (χ4n) is 3.53. The van der Waals surface area contributed by atoms with Gasteiger partial charge in [0, 0.05) is 41.6 Å². The van der Waals surface area contributed by atoms with Crippen LogP contribution in [-0.4, -0.2) is 34.3 Å². The highest BCUT2D eigenvalue weighted by Gasteiger charge is 2.16. The van der Waals surface area contributed by atoms with Crippen molar-refractivity contribution in [1.82, 2.24) is 20.1 Å². The molecule has 2 aromatic heterocycles. The van der Waals surface area contributed by atoms with E-state index in [4.69, 9.17) is 4.74 Å². The number of aromatic nitrogens is 3. The van der Waals surface area contributed by atoms with Crippen LogP contribution in [0.3, 0.4) is 0 Å². The summed E-state index contributed by atoms with van der Waals surface area (Å²) in [7, 11) is 1.64. The summed E-state index contributed by atoms with van der Waals surface area (Å²) in [5.74, 6) is 0.776. The van der Waals surface area contributed by atoms with Crippen LogP contribution in [0.15, 0.2) is 60.8 Å². The van der Waals surface area contributed by atoms with Gasteiger partial charge in [-0.1, -0.05) is 18.2 Å². The Morgan fingerprint density at radius 1 is 1.14 bits per heavy atom. The van der Waals surface area contributed by atoms with Gasteiger partial charge in [0.2, 0.25) is 5.91 Å². The molecule has 0 saturated heterocycles. The molecule has 29 heavy (non-hydrogen) atoms. The van der Waals surface area contributed by atoms with Crippen LogP contribution in [0.5, 0.6) is 5.75 Å². The van der Waals surface area contributed by atoms with E-state index in [1.807, 2.05) is 43.3 Å². The van der Waals surface area contributed by atoms with Crippen molar-refractivity contribution in [3.8, 4) is 17.0 Å². The van der Waals surface area contributed by atoms with Crippen LogP contribution in [0, 0.1) is 6.92 Å². The number of nitrogens with one attached hydrogen (secondary N) is 2. The van der Waals surface area contributed by atoms with Gasteiger partial charge in [0.25, 0.3) is 0 Å². The smallest absolute Gasteiger partial charge is 0.224 e. The van der Waals surface area contributed by atoms with Crippen molar-refractivity contribution < 1.29 is 9.53 Å². The molecule has 6 heteroatoms. The van der Waals surface area contributed by atoms with Gasteiger partial charge in [0.1, 0.15) is 5.75 Å². The molecule has 0 radical (unpaired) electrons. The molecule has 0 bridgehead atoms. The van der Waals surface area contributed by atoms with Crippen LogP contribution in [0.4, 0.5) is 0 Å². The fraction of sp³-hybridized carbons (Fsp3) is 0.217. The van der Waals surface area contributed by atoms with Crippen LogP contribution in [-0.2, 0) is 17.8 Å². The maximum atomic E-state index is 12.6. The normalized spacial score (nSPS) is 11.0. The van der Waals surface area contributed by atoms with Crippen LogP contribution >= 0.6 is 0 Å². The Hall–Kier alpha value is -3.54. The Balaban J connectivity index is 1.40. The zero-order valence-corrected chi connectivity index (χ0v) is 16.6. The van der Waals surface area contributed by atoms with Crippen molar-refractivity contribution in [2.24, 2.45) is 0 Å². The van der Waals surface area contributed by atoms with Crippen molar-refractivity contribution >= 4 is 16.8 Å². The number of ether oxygens (including phenoxy) is 1. The van der Waals surface area contributed by atoms with Crippen molar-refractivity contribution in [3.63, 3.8) is 0 Å². The van der Waals surface area contributed by atoms with Crippen molar-refractivity contribution in [1.29, 1.82) is 0 Å². The molecule has 4 aromatic rings. The van der Waals surface area contributed by atoms with Gasteiger partial charge in [0.05, 0.1) is 19.2 Å². The van der Waals surface area contributed by atoms with Crippen LogP contribution in [0.1, 0.15) is 11.3 Å². The monoisotopic (exact) mass is 388 g/mol. The lowest BCUT2D eigenvalue weighted by Gasteiger charge is -2.09. The molecule has 0 spiro atoms. The number of para-hydroxylation sites is 1. The van der Waals surface area contributed by atoms with Gasteiger partial charge in [0.15, 0.2) is 0 Å². The third-order valence-electron chi connectivity index (χ3n) is 5.13. The van der Waals surface area contributed by atoms with E-state index in [1.165, 1.54) is 10.9 Å². The second-order valence-electron chi connectivity index (χ2n) is 7.00. The summed E-state index contributed by atoms with van der Waals surface area (Å²) in [6.45, 7) is 3.25. The Labute approximate surface area is 169 Å². The summed E-state index contributed by atoms with van der Waals surface area (Å²) in [6, 6.07) is 18.0. The predicted octanol–water partition coefficient (Wildman–Crippen LogP) is 3.71. The van der Waals surface area contributed by atoms with E-state index >= 15 is 0 Å². The molecule has 0 aliphatic rings. The summed E-state index contributed by atoms with van der Waals surface area (Å²) in [5, 5.41) is 11.6. The molecule has 4 rings (SSSR count). The van der Waals surface area contributed by atoms with Gasteiger partial charge in [-0.25, -0.2) is 0 Å². The predicted molar refractivity (Wildman–Crippen MR) is 114 cm³/mol. The number of hydrogen-bond acceptors (Lipinski definition) is 3. The number of methoxy groups -OCH3 is 1. The molecule has 0 atom stereocenters. The molecule has 1 amide bonds. The summed E-state index contributed by atoms with van der Waals surface area (Å²) in [5.41, 5.74) is 4.75. The largest absolute Gasteiger partial charge is 0.497 e. The standard InChI is InChI=1S/C23H24N4O2/c1-16-20(23(26-25-16)18-7-9-19(29-2)10-8-18)15-22(28)24-12-14-27-13-11-17-5-3-4-6-21(17)27/h3-11,13H,12,14-15H2,1-2H3,(H,24,28)(H,25,26). The molecule has 0 unspecified atom stereocenters. The van der Waals surface area contributed by atoms with E-state index in [9.17, 15) is 4.79 Å². The number of carbonyl (C=O) groups excluding carboxylic acids is 1. The third kappa shape index (κ3) is 4.01. The second kappa shape index (κ2) is 8.22. The number of aryl methyl sites for hydroxylation is 1. The number of rotatable bonds is 7. The van der Waals surface area contributed by atoms with E-state index in [-0.39, 0.29) is 12.3 Å². The SMILES string of the molecule is COc1ccc(-c2n[nH]c(C)c2CC(=O)NCCn2ccc3ccccc32)cc1. The summed E-state index contributed by atoms with van der Waals surface area (Å²) in [6.07, 6.45) is 2.34. The maximum Gasteiger partial charge on any atom is 0.224 e. The molecule has 2 heterocycles. The molecule has 0 aliphatic carbocycles. The van der Waals surface area contributed by atoms with Crippen molar-refractivity contribution in [2.45, 2.75) is 19.9 Å². The van der Waals surface area contributed by atoms with Gasteiger partial charge >= 0.3 is 0 Å². The molecule has 2 aromatic carbocycles. The number of aromatic amines is 1. The van der Waals surface area contributed by atoms with Crippen molar-refractivity contribution in [3.05, 3.63) is 72.1 Å². The summed E-state index contributed by atoms with van der Waals surface area (Å²) in [4.78, 5) is 12.6. The van der Waals surface area contributed by atoms with Gasteiger partial charge in [-0.2, -0.15) is 5.10 Å². The number of nitrogens with zero attached hydrogens (tertiary/aromatic N) is 2. The first kappa shape index (κ1) is 18.8. The van der Waals surface area contributed by atoms with Gasteiger partial charge in [-0.05, 0) is 48.7 Å². The molecule has 0 aliphatic heterocycles. The lowest BCUT2D eigenvalue weighted by molar-refractivity contribution is -0.120. The van der Waals surface area contributed by atoms with Crippen LogP contribution in [0.25, 0.3) is 22.2 Å². The van der Waals surface area contributed by atoms with E-state index in [1.54, 1.807) is 7.11 Å².